The number of allylic oxidation sites excluding steroid dienone is 1. The number of fused-ring (bicyclic) bond motifs is 1. The van der Waals surface area contributed by atoms with Gasteiger partial charge >= 0.3 is 6.18 Å². The predicted octanol–water partition coefficient (Wildman–Crippen LogP) is 2.65. The van der Waals surface area contributed by atoms with Gasteiger partial charge in [-0.15, -0.1) is 0 Å². The highest BCUT2D eigenvalue weighted by atomic mass is 19.4. The minimum absolute atomic E-state index is 0.00509. The summed E-state index contributed by atoms with van der Waals surface area (Å²) < 4.78 is 40.3. The summed E-state index contributed by atoms with van der Waals surface area (Å²) in [5.74, 6) is -1.05. The Kier molecular flexibility index (Phi) is 3.38. The van der Waals surface area contributed by atoms with Gasteiger partial charge in [-0.2, -0.15) is 13.2 Å². The Bertz CT molecular complexity index is 697. The summed E-state index contributed by atoms with van der Waals surface area (Å²) in [5, 5.41) is 4.30. The minimum atomic E-state index is -4.38. The second-order valence-corrected chi connectivity index (χ2v) is 6.69. The fraction of sp³-hybridized carbons (Fsp3) is 0.471. The molecule has 1 aromatic carbocycles. The summed E-state index contributed by atoms with van der Waals surface area (Å²) in [4.78, 5) is 12.9. The van der Waals surface area contributed by atoms with Crippen molar-refractivity contribution in [2.24, 2.45) is 11.8 Å². The molecule has 3 unspecified atom stereocenters. The molecule has 3 aliphatic rings. The summed E-state index contributed by atoms with van der Waals surface area (Å²) in [7, 11) is 0. The number of hydrogen-bond donors (Lipinski definition) is 2. The lowest BCUT2D eigenvalue weighted by atomic mass is 9.91. The fourth-order valence-electron chi connectivity index (χ4n) is 3.84. The first-order chi connectivity index (χ1) is 11.4. The van der Waals surface area contributed by atoms with E-state index in [4.69, 9.17) is 0 Å². The van der Waals surface area contributed by atoms with Crippen LogP contribution in [0.25, 0.3) is 5.57 Å². The van der Waals surface area contributed by atoms with Crippen molar-refractivity contribution in [1.29, 1.82) is 0 Å². The third-order valence-corrected chi connectivity index (χ3v) is 5.06. The summed E-state index contributed by atoms with van der Waals surface area (Å²) in [6.45, 7) is 1.75. The highest BCUT2D eigenvalue weighted by Gasteiger charge is 2.60. The lowest BCUT2D eigenvalue weighted by Crippen LogP contribution is -2.54. The molecule has 1 aromatic rings. The molecule has 24 heavy (non-hydrogen) atoms. The highest BCUT2D eigenvalue weighted by Crippen LogP contribution is 2.48. The molecule has 1 aliphatic carbocycles. The van der Waals surface area contributed by atoms with Gasteiger partial charge in [0, 0.05) is 11.6 Å². The van der Waals surface area contributed by atoms with Crippen LogP contribution in [0.4, 0.5) is 13.2 Å². The Hall–Kier alpha value is -2.02. The molecule has 0 radical (unpaired) electrons. The van der Waals surface area contributed by atoms with Crippen LogP contribution in [0.15, 0.2) is 36.0 Å². The Morgan fingerprint density at radius 2 is 1.83 bits per heavy atom. The van der Waals surface area contributed by atoms with E-state index in [2.05, 4.69) is 10.7 Å². The van der Waals surface area contributed by atoms with Gasteiger partial charge in [-0.05, 0) is 31.2 Å². The van der Waals surface area contributed by atoms with Crippen LogP contribution in [0, 0.1) is 11.8 Å². The Labute approximate surface area is 137 Å². The smallest absolute Gasteiger partial charge is 0.367 e. The van der Waals surface area contributed by atoms with Crippen LogP contribution in [0.5, 0.6) is 0 Å². The summed E-state index contributed by atoms with van der Waals surface area (Å²) in [6.07, 6.45) is -3.46. The molecule has 1 amide bonds. The molecule has 0 spiro atoms. The van der Waals surface area contributed by atoms with Gasteiger partial charge in [-0.1, -0.05) is 30.3 Å². The second-order valence-electron chi connectivity index (χ2n) is 6.69. The molecule has 0 bridgehead atoms. The topological polar surface area (TPSA) is 44.4 Å². The monoisotopic (exact) mass is 337 g/mol. The molecule has 4 nitrogen and oxygen atoms in total. The van der Waals surface area contributed by atoms with Gasteiger partial charge < -0.3 is 5.32 Å². The van der Waals surface area contributed by atoms with Crippen molar-refractivity contribution < 1.29 is 18.0 Å². The summed E-state index contributed by atoms with van der Waals surface area (Å²) in [6, 6.07) is 7.33. The molecule has 2 aliphatic heterocycles. The first-order valence-corrected chi connectivity index (χ1v) is 8.07. The van der Waals surface area contributed by atoms with Crippen molar-refractivity contribution in [3.63, 3.8) is 0 Å². The first kappa shape index (κ1) is 15.5. The maximum atomic E-state index is 13.4. The van der Waals surface area contributed by atoms with Crippen LogP contribution in [0.2, 0.25) is 0 Å². The van der Waals surface area contributed by atoms with Gasteiger partial charge in [0.15, 0.2) is 0 Å². The highest BCUT2D eigenvalue weighted by molar-refractivity contribution is 6.20. The quantitative estimate of drug-likeness (QED) is 0.872. The van der Waals surface area contributed by atoms with Crippen LogP contribution in [-0.2, 0) is 4.79 Å². The van der Waals surface area contributed by atoms with Gasteiger partial charge in [0.1, 0.15) is 12.2 Å². The molecule has 1 saturated carbocycles. The van der Waals surface area contributed by atoms with Crippen molar-refractivity contribution in [1.82, 2.24) is 15.8 Å². The Morgan fingerprint density at radius 1 is 1.17 bits per heavy atom. The molecule has 2 N–H and O–H groups in total. The van der Waals surface area contributed by atoms with Crippen molar-refractivity contribution in [2.75, 3.05) is 0 Å². The predicted molar refractivity (Wildman–Crippen MR) is 82.0 cm³/mol. The van der Waals surface area contributed by atoms with E-state index in [9.17, 15) is 18.0 Å². The number of hydrazine groups is 1. The van der Waals surface area contributed by atoms with E-state index < -0.39 is 30.2 Å². The maximum Gasteiger partial charge on any atom is 0.406 e. The zero-order chi connectivity index (χ0) is 17.1. The number of carbonyl (C=O) groups excluding carboxylic acids is 1. The SMILES string of the molecule is CC1=C(c2ccccc2)C(=O)N2NC(C(F)(F)F)C(C3CC3)C2N1. The fourth-order valence-corrected chi connectivity index (χ4v) is 3.84. The average Bonchev–Trinajstić information content (AvgIpc) is 3.28. The number of halogens is 3. The van der Waals surface area contributed by atoms with E-state index in [1.807, 2.05) is 6.07 Å². The Balaban J connectivity index is 1.71. The number of nitrogens with one attached hydrogen (secondary N) is 2. The standard InChI is InChI=1S/C17H18F3N3O/c1-9-12(10-5-3-2-4-6-10)16(24)23-15(21-9)13(11-7-8-11)14(22-23)17(18,19)20/h2-6,11,13-15,21-22H,7-8H2,1H3. The van der Waals surface area contributed by atoms with E-state index >= 15 is 0 Å². The number of benzene rings is 1. The molecule has 7 heteroatoms. The van der Waals surface area contributed by atoms with Gasteiger partial charge in [-0.25, -0.2) is 5.43 Å². The first-order valence-electron chi connectivity index (χ1n) is 8.07. The number of amides is 1. The van der Waals surface area contributed by atoms with Crippen molar-refractivity contribution in [2.45, 2.75) is 38.1 Å². The van der Waals surface area contributed by atoms with Crippen molar-refractivity contribution >= 4 is 11.5 Å². The minimum Gasteiger partial charge on any atom is -0.367 e. The van der Waals surface area contributed by atoms with Gasteiger partial charge in [-0.3, -0.25) is 9.80 Å². The van der Waals surface area contributed by atoms with Gasteiger partial charge in [0.2, 0.25) is 0 Å². The second kappa shape index (κ2) is 5.24. The van der Waals surface area contributed by atoms with Gasteiger partial charge in [0.25, 0.3) is 5.91 Å². The van der Waals surface area contributed by atoms with E-state index in [-0.39, 0.29) is 5.92 Å². The number of carbonyl (C=O) groups is 1. The van der Waals surface area contributed by atoms with E-state index in [0.717, 1.165) is 17.9 Å². The van der Waals surface area contributed by atoms with Crippen LogP contribution < -0.4 is 10.7 Å². The Morgan fingerprint density at radius 3 is 2.42 bits per heavy atom. The lowest BCUT2D eigenvalue weighted by Gasteiger charge is -2.35. The van der Waals surface area contributed by atoms with Crippen molar-refractivity contribution in [3.8, 4) is 0 Å². The normalized spacial score (nSPS) is 30.4. The molecule has 4 rings (SSSR count). The lowest BCUT2D eigenvalue weighted by molar-refractivity contribution is -0.166. The number of nitrogens with zero attached hydrogens (tertiary/aromatic N) is 1. The number of rotatable bonds is 2. The van der Waals surface area contributed by atoms with E-state index in [0.29, 0.717) is 16.8 Å². The third-order valence-electron chi connectivity index (χ3n) is 5.06. The van der Waals surface area contributed by atoms with Crippen LogP contribution >= 0.6 is 0 Å². The molecular weight excluding hydrogens is 319 g/mol. The van der Waals surface area contributed by atoms with Crippen LogP contribution in [-0.4, -0.2) is 29.3 Å². The van der Waals surface area contributed by atoms with E-state index in [1.54, 1.807) is 31.2 Å². The number of hydrogen-bond acceptors (Lipinski definition) is 3. The molecule has 3 atom stereocenters. The third kappa shape index (κ3) is 2.38. The molecule has 1 saturated heterocycles. The van der Waals surface area contributed by atoms with Gasteiger partial charge in [0.05, 0.1) is 5.57 Å². The largest absolute Gasteiger partial charge is 0.406 e. The molecule has 0 aromatic heterocycles. The number of alkyl halides is 3. The maximum absolute atomic E-state index is 13.4. The molecule has 2 fully saturated rings. The van der Waals surface area contributed by atoms with Crippen molar-refractivity contribution in [3.05, 3.63) is 41.6 Å². The average molecular weight is 337 g/mol. The summed E-state index contributed by atoms with van der Waals surface area (Å²) >= 11 is 0. The molecular formula is C17H18F3N3O. The molecule has 128 valence electrons. The van der Waals surface area contributed by atoms with E-state index in [1.165, 1.54) is 0 Å². The molecule has 2 heterocycles. The van der Waals surface area contributed by atoms with Crippen LogP contribution in [0.3, 0.4) is 0 Å². The zero-order valence-corrected chi connectivity index (χ0v) is 13.1. The summed E-state index contributed by atoms with van der Waals surface area (Å²) in [5.41, 5.74) is 4.18. The zero-order valence-electron chi connectivity index (χ0n) is 13.1. The van der Waals surface area contributed by atoms with Crippen LogP contribution in [0.1, 0.15) is 25.3 Å².